The molecule has 4 nitrogen and oxygen atoms in total. The van der Waals surface area contributed by atoms with Gasteiger partial charge in [-0.2, -0.15) is 26.3 Å². The second-order valence-corrected chi connectivity index (χ2v) is 4.85. The van der Waals surface area contributed by atoms with Crippen molar-refractivity contribution in [2.45, 2.75) is 25.2 Å². The van der Waals surface area contributed by atoms with E-state index < -0.39 is 40.9 Å². The van der Waals surface area contributed by atoms with Crippen LogP contribution in [0.15, 0.2) is 18.2 Å². The first-order chi connectivity index (χ1) is 10.5. The quantitative estimate of drug-likeness (QED) is 0.842. The van der Waals surface area contributed by atoms with Gasteiger partial charge in [-0.1, -0.05) is 0 Å². The van der Waals surface area contributed by atoms with E-state index in [0.717, 1.165) is 5.01 Å². The third-order valence-electron chi connectivity index (χ3n) is 3.21. The zero-order chi connectivity index (χ0) is 17.4. The van der Waals surface area contributed by atoms with Crippen LogP contribution in [0.25, 0.3) is 0 Å². The monoisotopic (exact) mass is 340 g/mol. The summed E-state index contributed by atoms with van der Waals surface area (Å²) in [7, 11) is 0. The first-order valence-electron chi connectivity index (χ1n) is 6.40. The van der Waals surface area contributed by atoms with Crippen LogP contribution in [0, 0.1) is 0 Å². The molecule has 1 N–H and O–H groups in total. The van der Waals surface area contributed by atoms with Crippen molar-refractivity contribution in [2.24, 2.45) is 0 Å². The Morgan fingerprint density at radius 3 is 2.22 bits per heavy atom. The number of amides is 2. The molecule has 1 aromatic rings. The molecular weight excluding hydrogens is 330 g/mol. The highest BCUT2D eigenvalue weighted by molar-refractivity contribution is 5.97. The van der Waals surface area contributed by atoms with Crippen molar-refractivity contribution in [1.82, 2.24) is 10.4 Å². The van der Waals surface area contributed by atoms with Gasteiger partial charge in [0.2, 0.25) is 5.91 Å². The number of carbonyl (C=O) groups excluding carboxylic acids is 2. The maximum atomic E-state index is 12.9. The van der Waals surface area contributed by atoms with Crippen LogP contribution in [0.5, 0.6) is 0 Å². The fraction of sp³-hybridized carbons (Fsp3) is 0.385. The number of nitrogens with zero attached hydrogens (tertiary/aromatic N) is 1. The third-order valence-corrected chi connectivity index (χ3v) is 3.21. The summed E-state index contributed by atoms with van der Waals surface area (Å²) in [6.45, 7) is 0.0882. The number of hydrazine groups is 1. The second kappa shape index (κ2) is 5.74. The van der Waals surface area contributed by atoms with Crippen molar-refractivity contribution in [3.05, 3.63) is 34.9 Å². The zero-order valence-corrected chi connectivity index (χ0v) is 11.4. The first-order valence-corrected chi connectivity index (χ1v) is 6.40. The standard InChI is InChI=1S/C13H10F6N2O2/c14-12(15,16)7-3-4-9(13(17,18)19)8(6-7)11(23)20-21-5-1-2-10(21)22/h3-4,6H,1-2,5H2,(H,20,23). The number of carbonyl (C=O) groups is 2. The van der Waals surface area contributed by atoms with Crippen molar-refractivity contribution < 1.29 is 35.9 Å². The molecule has 0 aromatic heterocycles. The van der Waals surface area contributed by atoms with Gasteiger partial charge in [-0.3, -0.25) is 20.0 Å². The molecule has 1 heterocycles. The summed E-state index contributed by atoms with van der Waals surface area (Å²) in [5.74, 6) is -1.93. The third kappa shape index (κ3) is 3.74. The molecule has 10 heteroatoms. The molecular formula is C13H10F6N2O2. The lowest BCUT2D eigenvalue weighted by Gasteiger charge is -2.20. The van der Waals surface area contributed by atoms with Crippen LogP contribution in [0.3, 0.4) is 0 Å². The lowest BCUT2D eigenvalue weighted by Crippen LogP contribution is -2.43. The highest BCUT2D eigenvalue weighted by atomic mass is 19.4. The van der Waals surface area contributed by atoms with Crippen LogP contribution in [0.2, 0.25) is 0 Å². The molecule has 2 rings (SSSR count). The molecule has 0 bridgehead atoms. The fourth-order valence-electron chi connectivity index (χ4n) is 2.10. The van der Waals surface area contributed by atoms with E-state index in [2.05, 4.69) is 0 Å². The number of nitrogens with one attached hydrogen (secondary N) is 1. The van der Waals surface area contributed by atoms with Crippen LogP contribution in [-0.2, 0) is 17.1 Å². The van der Waals surface area contributed by atoms with Crippen molar-refractivity contribution in [1.29, 1.82) is 0 Å². The summed E-state index contributed by atoms with van der Waals surface area (Å²) in [6, 6.07) is 0.572. The van der Waals surface area contributed by atoms with Crippen LogP contribution >= 0.6 is 0 Å². The van der Waals surface area contributed by atoms with Gasteiger partial charge >= 0.3 is 12.4 Å². The number of halogens is 6. The summed E-state index contributed by atoms with van der Waals surface area (Å²) in [5, 5.41) is 0.794. The first kappa shape index (κ1) is 17.1. The SMILES string of the molecule is O=C(NN1CCCC1=O)c1cc(C(F)(F)F)ccc1C(F)(F)F. The molecule has 0 radical (unpaired) electrons. The highest BCUT2D eigenvalue weighted by Gasteiger charge is 2.39. The number of rotatable bonds is 2. The minimum atomic E-state index is -5.01. The van der Waals surface area contributed by atoms with Gasteiger partial charge in [0.05, 0.1) is 16.7 Å². The number of alkyl halides is 6. The Hall–Kier alpha value is -2.26. The molecule has 0 spiro atoms. The average molecular weight is 340 g/mol. The molecule has 0 unspecified atom stereocenters. The van der Waals surface area contributed by atoms with E-state index >= 15 is 0 Å². The molecule has 0 aliphatic carbocycles. The second-order valence-electron chi connectivity index (χ2n) is 4.85. The minimum absolute atomic E-state index is 0.0882. The Morgan fingerprint density at radius 1 is 1.09 bits per heavy atom. The molecule has 0 saturated carbocycles. The topological polar surface area (TPSA) is 49.4 Å². The fourth-order valence-corrected chi connectivity index (χ4v) is 2.10. The van der Waals surface area contributed by atoms with Gasteiger partial charge in [-0.05, 0) is 24.6 Å². The van der Waals surface area contributed by atoms with Crippen LogP contribution in [0.1, 0.15) is 34.3 Å². The van der Waals surface area contributed by atoms with E-state index in [4.69, 9.17) is 0 Å². The lowest BCUT2D eigenvalue weighted by molar-refractivity contribution is -0.141. The summed E-state index contributed by atoms with van der Waals surface area (Å²) >= 11 is 0. The van der Waals surface area contributed by atoms with E-state index in [-0.39, 0.29) is 31.2 Å². The van der Waals surface area contributed by atoms with E-state index in [1.807, 2.05) is 5.43 Å². The van der Waals surface area contributed by atoms with E-state index in [0.29, 0.717) is 6.42 Å². The summed E-state index contributed by atoms with van der Waals surface area (Å²) in [4.78, 5) is 23.3. The van der Waals surface area contributed by atoms with Gasteiger partial charge in [-0.25, -0.2) is 0 Å². The highest BCUT2D eigenvalue weighted by Crippen LogP contribution is 2.36. The molecule has 23 heavy (non-hydrogen) atoms. The molecule has 1 aliphatic rings. The number of hydrogen-bond acceptors (Lipinski definition) is 2. The number of hydrogen-bond donors (Lipinski definition) is 1. The van der Waals surface area contributed by atoms with Crippen molar-refractivity contribution in [2.75, 3.05) is 6.54 Å². The van der Waals surface area contributed by atoms with Crippen molar-refractivity contribution >= 4 is 11.8 Å². The van der Waals surface area contributed by atoms with Crippen molar-refractivity contribution in [3.63, 3.8) is 0 Å². The van der Waals surface area contributed by atoms with Gasteiger partial charge < -0.3 is 0 Å². The van der Waals surface area contributed by atoms with Gasteiger partial charge in [0.15, 0.2) is 0 Å². The summed E-state index contributed by atoms with van der Waals surface area (Å²) in [5.41, 5.74) is -2.17. The smallest absolute Gasteiger partial charge is 0.273 e. The van der Waals surface area contributed by atoms with Crippen molar-refractivity contribution in [3.8, 4) is 0 Å². The number of benzene rings is 1. The molecule has 126 valence electrons. The van der Waals surface area contributed by atoms with Gasteiger partial charge in [-0.15, -0.1) is 0 Å². The Bertz CT molecular complexity index is 638. The van der Waals surface area contributed by atoms with E-state index in [1.54, 1.807) is 0 Å². The van der Waals surface area contributed by atoms with Gasteiger partial charge in [0, 0.05) is 13.0 Å². The molecule has 1 fully saturated rings. The van der Waals surface area contributed by atoms with Gasteiger partial charge in [0.25, 0.3) is 5.91 Å². The summed E-state index contributed by atoms with van der Waals surface area (Å²) < 4.78 is 76.6. The molecule has 1 aliphatic heterocycles. The van der Waals surface area contributed by atoms with E-state index in [9.17, 15) is 35.9 Å². The van der Waals surface area contributed by atoms with E-state index in [1.165, 1.54) is 0 Å². The Balaban J connectivity index is 2.40. The maximum Gasteiger partial charge on any atom is 0.417 e. The molecule has 1 aromatic carbocycles. The molecule has 1 saturated heterocycles. The summed E-state index contributed by atoms with van der Waals surface area (Å²) in [6.07, 6.45) is -9.41. The minimum Gasteiger partial charge on any atom is -0.273 e. The Kier molecular flexibility index (Phi) is 4.27. The Morgan fingerprint density at radius 2 is 1.74 bits per heavy atom. The normalized spacial score (nSPS) is 15.9. The predicted molar refractivity (Wildman–Crippen MR) is 64.9 cm³/mol. The lowest BCUT2D eigenvalue weighted by atomic mass is 10.0. The Labute approximate surface area is 126 Å². The zero-order valence-electron chi connectivity index (χ0n) is 11.4. The maximum absolute atomic E-state index is 12.9. The molecule has 0 atom stereocenters. The predicted octanol–water partition coefficient (Wildman–Crippen LogP) is 2.99. The van der Waals surface area contributed by atoms with Gasteiger partial charge in [0.1, 0.15) is 0 Å². The molecule has 2 amide bonds. The average Bonchev–Trinajstić information content (AvgIpc) is 2.81. The largest absolute Gasteiger partial charge is 0.417 e. The van der Waals surface area contributed by atoms with Crippen LogP contribution in [0.4, 0.5) is 26.3 Å². The van der Waals surface area contributed by atoms with Crippen LogP contribution in [-0.4, -0.2) is 23.4 Å². The van der Waals surface area contributed by atoms with Crippen LogP contribution < -0.4 is 5.43 Å².